The van der Waals surface area contributed by atoms with E-state index in [1.54, 1.807) is 0 Å². The molecule has 0 unspecified atom stereocenters. The van der Waals surface area contributed by atoms with Gasteiger partial charge < -0.3 is 10.1 Å². The van der Waals surface area contributed by atoms with Gasteiger partial charge in [-0.05, 0) is 31.7 Å². The van der Waals surface area contributed by atoms with Gasteiger partial charge in [-0.25, -0.2) is 0 Å². The maximum absolute atomic E-state index is 11.1. The van der Waals surface area contributed by atoms with Gasteiger partial charge in [0.05, 0.1) is 7.11 Å². The van der Waals surface area contributed by atoms with Gasteiger partial charge in [0, 0.05) is 0 Å². The number of rotatable bonds is 5. The molecule has 12 heavy (non-hydrogen) atoms. The first-order chi connectivity index (χ1) is 5.77. The first-order valence-electron chi connectivity index (χ1n) is 4.59. The third-order valence-electron chi connectivity index (χ3n) is 2.24. The number of hydrogen-bond donors (Lipinski definition) is 1. The average Bonchev–Trinajstić information content (AvgIpc) is 2.88. The van der Waals surface area contributed by atoms with E-state index in [-0.39, 0.29) is 12.0 Å². The normalized spacial score (nSPS) is 18.8. The molecule has 0 aromatic heterocycles. The number of carbonyl (C=O) groups excluding carboxylic acids is 1. The summed E-state index contributed by atoms with van der Waals surface area (Å²) in [6.07, 6.45) is 3.43. The summed E-state index contributed by atoms with van der Waals surface area (Å²) in [6.45, 7) is 2.95. The Morgan fingerprint density at radius 2 is 2.33 bits per heavy atom. The predicted octanol–water partition coefficient (Wildman–Crippen LogP) is 0.938. The van der Waals surface area contributed by atoms with Crippen LogP contribution in [0.4, 0.5) is 0 Å². The highest BCUT2D eigenvalue weighted by atomic mass is 16.5. The van der Waals surface area contributed by atoms with E-state index in [0.29, 0.717) is 0 Å². The van der Waals surface area contributed by atoms with Gasteiger partial charge in [-0.2, -0.15) is 0 Å². The molecular formula is C9H17NO2. The molecule has 0 heterocycles. The van der Waals surface area contributed by atoms with Crippen LogP contribution in [0.2, 0.25) is 0 Å². The van der Waals surface area contributed by atoms with Gasteiger partial charge in [-0.1, -0.05) is 6.92 Å². The summed E-state index contributed by atoms with van der Waals surface area (Å²) in [7, 11) is 1.43. The van der Waals surface area contributed by atoms with Crippen LogP contribution >= 0.6 is 0 Å². The van der Waals surface area contributed by atoms with Gasteiger partial charge in [0.1, 0.15) is 6.04 Å². The van der Waals surface area contributed by atoms with Crippen molar-refractivity contribution in [3.8, 4) is 0 Å². The molecule has 0 aliphatic heterocycles. The maximum atomic E-state index is 11.1. The largest absolute Gasteiger partial charge is 0.468 e. The highest BCUT2D eigenvalue weighted by Crippen LogP contribution is 2.27. The van der Waals surface area contributed by atoms with Crippen molar-refractivity contribution in [3.05, 3.63) is 0 Å². The lowest BCUT2D eigenvalue weighted by Gasteiger charge is -2.13. The highest BCUT2D eigenvalue weighted by molar-refractivity contribution is 5.75. The van der Waals surface area contributed by atoms with E-state index in [1.165, 1.54) is 20.0 Å². The zero-order valence-corrected chi connectivity index (χ0v) is 7.80. The molecule has 1 atom stereocenters. The second kappa shape index (κ2) is 4.45. The van der Waals surface area contributed by atoms with Gasteiger partial charge in [0.2, 0.25) is 0 Å². The van der Waals surface area contributed by atoms with Crippen LogP contribution < -0.4 is 5.32 Å². The highest BCUT2D eigenvalue weighted by Gasteiger charge is 2.24. The van der Waals surface area contributed by atoms with Crippen LogP contribution in [0.15, 0.2) is 0 Å². The molecule has 3 nitrogen and oxygen atoms in total. The lowest BCUT2D eigenvalue weighted by Crippen LogP contribution is -2.38. The van der Waals surface area contributed by atoms with Gasteiger partial charge in [0.25, 0.3) is 0 Å². The minimum Gasteiger partial charge on any atom is -0.468 e. The Bertz CT molecular complexity index is 155. The predicted molar refractivity (Wildman–Crippen MR) is 46.8 cm³/mol. The molecule has 1 rings (SSSR count). The third kappa shape index (κ3) is 2.81. The molecular weight excluding hydrogens is 154 g/mol. The van der Waals surface area contributed by atoms with Gasteiger partial charge >= 0.3 is 5.97 Å². The molecule has 0 aromatic carbocycles. The Kier molecular flexibility index (Phi) is 3.53. The molecule has 1 aliphatic rings. The molecule has 0 radical (unpaired) electrons. The van der Waals surface area contributed by atoms with E-state index in [9.17, 15) is 4.79 Å². The van der Waals surface area contributed by atoms with Crippen LogP contribution in [0.5, 0.6) is 0 Å². The molecule has 0 spiro atoms. The van der Waals surface area contributed by atoms with Crippen molar-refractivity contribution in [1.82, 2.24) is 5.32 Å². The molecule has 70 valence electrons. The summed E-state index contributed by atoms with van der Waals surface area (Å²) in [5.41, 5.74) is 0. The Balaban J connectivity index is 2.18. The fourth-order valence-corrected chi connectivity index (χ4v) is 1.17. The van der Waals surface area contributed by atoms with Crippen molar-refractivity contribution < 1.29 is 9.53 Å². The van der Waals surface area contributed by atoms with Crippen LogP contribution in [0.1, 0.15) is 26.2 Å². The van der Waals surface area contributed by atoms with Crippen LogP contribution in [0, 0.1) is 5.92 Å². The standard InChI is InChI=1S/C9H17NO2/c1-3-8(9(11)12-2)10-6-7-4-5-7/h7-8,10H,3-6H2,1-2H3/t8-/m1/s1. The Labute approximate surface area is 73.5 Å². The number of hydrogen-bond acceptors (Lipinski definition) is 3. The lowest BCUT2D eigenvalue weighted by molar-refractivity contribution is -0.143. The average molecular weight is 171 g/mol. The minimum atomic E-state index is -0.141. The molecule has 1 saturated carbocycles. The number of esters is 1. The Hall–Kier alpha value is -0.570. The van der Waals surface area contributed by atoms with E-state index < -0.39 is 0 Å². The molecule has 0 aromatic rings. The lowest BCUT2D eigenvalue weighted by atomic mass is 10.2. The van der Waals surface area contributed by atoms with E-state index >= 15 is 0 Å². The fourth-order valence-electron chi connectivity index (χ4n) is 1.17. The number of nitrogens with one attached hydrogen (secondary N) is 1. The summed E-state index contributed by atoms with van der Waals surface area (Å²) >= 11 is 0. The summed E-state index contributed by atoms with van der Waals surface area (Å²) < 4.78 is 4.65. The van der Waals surface area contributed by atoms with Crippen molar-refractivity contribution in [3.63, 3.8) is 0 Å². The monoisotopic (exact) mass is 171 g/mol. The summed E-state index contributed by atoms with van der Waals surface area (Å²) in [4.78, 5) is 11.1. The fraction of sp³-hybridized carbons (Fsp3) is 0.889. The van der Waals surface area contributed by atoms with Crippen molar-refractivity contribution >= 4 is 5.97 Å². The molecule has 0 bridgehead atoms. The van der Waals surface area contributed by atoms with Crippen molar-refractivity contribution in [1.29, 1.82) is 0 Å². The second-order valence-corrected chi connectivity index (χ2v) is 3.34. The molecule has 1 N–H and O–H groups in total. The van der Waals surface area contributed by atoms with Crippen LogP contribution in [0.3, 0.4) is 0 Å². The van der Waals surface area contributed by atoms with Crippen molar-refractivity contribution in [2.24, 2.45) is 5.92 Å². The maximum Gasteiger partial charge on any atom is 0.322 e. The zero-order chi connectivity index (χ0) is 8.97. The zero-order valence-electron chi connectivity index (χ0n) is 7.80. The van der Waals surface area contributed by atoms with Crippen LogP contribution in [-0.4, -0.2) is 25.7 Å². The molecule has 1 fully saturated rings. The number of carbonyl (C=O) groups is 1. The Morgan fingerprint density at radius 1 is 1.67 bits per heavy atom. The topological polar surface area (TPSA) is 38.3 Å². The van der Waals surface area contributed by atoms with E-state index in [4.69, 9.17) is 0 Å². The second-order valence-electron chi connectivity index (χ2n) is 3.34. The van der Waals surface area contributed by atoms with Crippen molar-refractivity contribution in [2.45, 2.75) is 32.2 Å². The van der Waals surface area contributed by atoms with Crippen LogP contribution in [0.25, 0.3) is 0 Å². The summed E-state index contributed by atoms with van der Waals surface area (Å²) in [6, 6.07) is -0.101. The summed E-state index contributed by atoms with van der Waals surface area (Å²) in [5.74, 6) is 0.668. The molecule has 0 saturated heterocycles. The van der Waals surface area contributed by atoms with Gasteiger partial charge in [-0.15, -0.1) is 0 Å². The quantitative estimate of drug-likeness (QED) is 0.625. The van der Waals surface area contributed by atoms with Gasteiger partial charge in [-0.3, -0.25) is 4.79 Å². The van der Waals surface area contributed by atoms with E-state index in [1.807, 2.05) is 6.92 Å². The first-order valence-corrected chi connectivity index (χ1v) is 4.59. The first kappa shape index (κ1) is 9.52. The molecule has 3 heteroatoms. The third-order valence-corrected chi connectivity index (χ3v) is 2.24. The van der Waals surface area contributed by atoms with E-state index in [2.05, 4.69) is 10.1 Å². The van der Waals surface area contributed by atoms with Crippen molar-refractivity contribution in [2.75, 3.05) is 13.7 Å². The molecule has 0 amide bonds. The number of ether oxygens (including phenoxy) is 1. The van der Waals surface area contributed by atoms with E-state index in [0.717, 1.165) is 18.9 Å². The smallest absolute Gasteiger partial charge is 0.322 e. The van der Waals surface area contributed by atoms with Gasteiger partial charge in [0.15, 0.2) is 0 Å². The minimum absolute atomic E-state index is 0.101. The van der Waals surface area contributed by atoms with Crippen LogP contribution in [-0.2, 0) is 9.53 Å². The Morgan fingerprint density at radius 3 is 2.75 bits per heavy atom. The molecule has 1 aliphatic carbocycles. The SMILES string of the molecule is CC[C@@H](NCC1CC1)C(=O)OC. The number of methoxy groups -OCH3 is 1. The summed E-state index contributed by atoms with van der Waals surface area (Å²) in [5, 5.41) is 3.21.